The fraction of sp³-hybridized carbons (Fsp3) is 0.0909. The monoisotopic (exact) mass is 396 g/mol. The summed E-state index contributed by atoms with van der Waals surface area (Å²) >= 11 is 8.20. The van der Waals surface area contributed by atoms with Crippen molar-refractivity contribution in [1.29, 1.82) is 0 Å². The van der Waals surface area contributed by atoms with Gasteiger partial charge in [0.05, 0.1) is 5.02 Å². The molecular weight excluding hydrogens is 386 g/mol. The zero-order valence-corrected chi connectivity index (χ0v) is 13.2. The molecule has 1 heterocycles. The molecule has 2 aromatic rings. The summed E-state index contributed by atoms with van der Waals surface area (Å²) in [6.07, 6.45) is 0. The number of hydrogen-bond donors (Lipinski definition) is 2. The largest absolute Gasteiger partial charge is 0.384 e. The minimum atomic E-state index is 0. The maximum atomic E-state index is 6.03. The van der Waals surface area contributed by atoms with Crippen LogP contribution in [0.4, 0.5) is 17.5 Å². The molecule has 4 nitrogen and oxygen atoms in total. The third-order valence-electron chi connectivity index (χ3n) is 2.05. The SMILES string of the molecule is Cc1cc(N)nc(Nc2ccc(I)c(Cl)c2)n1.Cl. The van der Waals surface area contributed by atoms with E-state index in [2.05, 4.69) is 37.9 Å². The van der Waals surface area contributed by atoms with E-state index in [0.717, 1.165) is 15.0 Å². The Morgan fingerprint density at radius 2 is 2.00 bits per heavy atom. The molecule has 0 unspecified atom stereocenters. The summed E-state index contributed by atoms with van der Waals surface area (Å²) in [5.74, 6) is 0.913. The molecule has 3 N–H and O–H groups in total. The molecule has 0 spiro atoms. The zero-order chi connectivity index (χ0) is 12.4. The lowest BCUT2D eigenvalue weighted by Gasteiger charge is -2.07. The van der Waals surface area contributed by atoms with Crippen LogP contribution in [0.2, 0.25) is 5.02 Å². The number of nitrogens with one attached hydrogen (secondary N) is 1. The van der Waals surface area contributed by atoms with Gasteiger partial charge in [-0.25, -0.2) is 4.98 Å². The highest BCUT2D eigenvalue weighted by atomic mass is 127. The van der Waals surface area contributed by atoms with Crippen molar-refractivity contribution in [2.45, 2.75) is 6.92 Å². The molecule has 0 saturated heterocycles. The summed E-state index contributed by atoms with van der Waals surface area (Å²) in [5, 5.41) is 3.75. The van der Waals surface area contributed by atoms with Gasteiger partial charge in [-0.2, -0.15) is 4.98 Å². The highest BCUT2D eigenvalue weighted by molar-refractivity contribution is 14.1. The first kappa shape index (κ1) is 15.3. The van der Waals surface area contributed by atoms with E-state index in [9.17, 15) is 0 Å². The number of halogens is 3. The molecule has 0 radical (unpaired) electrons. The van der Waals surface area contributed by atoms with Gasteiger partial charge in [0.25, 0.3) is 0 Å². The fourth-order valence-corrected chi connectivity index (χ4v) is 1.87. The van der Waals surface area contributed by atoms with Crippen molar-refractivity contribution in [3.05, 3.63) is 38.6 Å². The summed E-state index contributed by atoms with van der Waals surface area (Å²) in [6, 6.07) is 7.37. The summed E-state index contributed by atoms with van der Waals surface area (Å²) in [6.45, 7) is 1.87. The number of nitrogens with two attached hydrogens (primary N) is 1. The van der Waals surface area contributed by atoms with Crippen molar-refractivity contribution in [3.63, 3.8) is 0 Å². The second-order valence-electron chi connectivity index (χ2n) is 3.51. The van der Waals surface area contributed by atoms with Crippen molar-refractivity contribution in [2.24, 2.45) is 0 Å². The standard InChI is InChI=1S/C11H10ClIN4.ClH/c1-6-4-10(14)17-11(15-6)16-7-2-3-9(13)8(12)5-7;/h2-5H,1H3,(H3,14,15,16,17);1H. The first-order chi connectivity index (χ1) is 8.04. The number of nitrogens with zero attached hydrogens (tertiary/aromatic N) is 2. The van der Waals surface area contributed by atoms with Gasteiger partial charge in [-0.05, 0) is 47.7 Å². The number of hydrogen-bond acceptors (Lipinski definition) is 4. The van der Waals surface area contributed by atoms with Gasteiger partial charge in [0.1, 0.15) is 5.82 Å². The van der Waals surface area contributed by atoms with Crippen LogP contribution in [0.25, 0.3) is 0 Å². The van der Waals surface area contributed by atoms with Gasteiger partial charge in [0.2, 0.25) is 5.95 Å². The molecule has 0 aliphatic rings. The molecule has 1 aromatic heterocycles. The molecule has 96 valence electrons. The van der Waals surface area contributed by atoms with Crippen molar-refractivity contribution in [1.82, 2.24) is 9.97 Å². The summed E-state index contributed by atoms with van der Waals surface area (Å²) in [5.41, 5.74) is 7.30. The van der Waals surface area contributed by atoms with Crippen molar-refractivity contribution < 1.29 is 0 Å². The van der Waals surface area contributed by atoms with Crippen molar-refractivity contribution >= 4 is 64.1 Å². The maximum absolute atomic E-state index is 6.03. The molecule has 0 aliphatic carbocycles. The third kappa shape index (κ3) is 3.86. The lowest BCUT2D eigenvalue weighted by atomic mass is 10.3. The van der Waals surface area contributed by atoms with Gasteiger partial charge in [-0.15, -0.1) is 12.4 Å². The smallest absolute Gasteiger partial charge is 0.229 e. The minimum absolute atomic E-state index is 0. The van der Waals surface area contributed by atoms with Crippen molar-refractivity contribution in [3.8, 4) is 0 Å². The number of rotatable bonds is 2. The van der Waals surface area contributed by atoms with Gasteiger partial charge >= 0.3 is 0 Å². The van der Waals surface area contributed by atoms with Gasteiger partial charge in [0, 0.05) is 21.0 Å². The summed E-state index contributed by atoms with van der Waals surface area (Å²) in [7, 11) is 0. The number of aryl methyl sites for hydroxylation is 1. The molecule has 0 bridgehead atoms. The Bertz CT molecular complexity index is 542. The Balaban J connectivity index is 0.00000162. The molecule has 0 aliphatic heterocycles. The second-order valence-corrected chi connectivity index (χ2v) is 5.08. The Kier molecular flexibility index (Phi) is 5.43. The molecule has 0 amide bonds. The number of aromatic nitrogens is 2. The van der Waals surface area contributed by atoms with Crippen molar-refractivity contribution in [2.75, 3.05) is 11.1 Å². The predicted molar refractivity (Wildman–Crippen MR) is 85.9 cm³/mol. The molecule has 1 aromatic carbocycles. The Hall–Kier alpha value is -0.790. The van der Waals surface area contributed by atoms with Crippen LogP contribution in [-0.4, -0.2) is 9.97 Å². The van der Waals surface area contributed by atoms with E-state index in [1.807, 2.05) is 25.1 Å². The second kappa shape index (κ2) is 6.40. The highest BCUT2D eigenvalue weighted by Crippen LogP contribution is 2.24. The fourth-order valence-electron chi connectivity index (χ4n) is 1.35. The van der Waals surface area contributed by atoms with E-state index < -0.39 is 0 Å². The Labute approximate surface area is 130 Å². The van der Waals surface area contributed by atoms with Crippen LogP contribution in [0.5, 0.6) is 0 Å². The van der Waals surface area contributed by atoms with E-state index in [0.29, 0.717) is 16.8 Å². The van der Waals surface area contributed by atoms with Gasteiger partial charge in [-0.3, -0.25) is 0 Å². The average Bonchev–Trinajstić information content (AvgIpc) is 2.22. The average molecular weight is 397 g/mol. The van der Waals surface area contributed by atoms with Crippen LogP contribution in [0.1, 0.15) is 5.69 Å². The molecule has 2 rings (SSSR count). The number of nitrogen functional groups attached to an aromatic ring is 1. The highest BCUT2D eigenvalue weighted by Gasteiger charge is 2.03. The quantitative estimate of drug-likeness (QED) is 0.758. The van der Waals surface area contributed by atoms with Gasteiger partial charge < -0.3 is 11.1 Å². The van der Waals surface area contributed by atoms with Gasteiger partial charge in [0.15, 0.2) is 0 Å². The molecule has 18 heavy (non-hydrogen) atoms. The minimum Gasteiger partial charge on any atom is -0.384 e. The van der Waals surface area contributed by atoms with E-state index in [4.69, 9.17) is 17.3 Å². The third-order valence-corrected chi connectivity index (χ3v) is 3.62. The van der Waals surface area contributed by atoms with Gasteiger partial charge in [-0.1, -0.05) is 11.6 Å². The van der Waals surface area contributed by atoms with E-state index in [1.165, 1.54) is 0 Å². The lowest BCUT2D eigenvalue weighted by Crippen LogP contribution is -2.01. The first-order valence-electron chi connectivity index (χ1n) is 4.88. The molecular formula is C11H11Cl2IN4. The van der Waals surface area contributed by atoms with Crippen LogP contribution < -0.4 is 11.1 Å². The Morgan fingerprint density at radius 1 is 1.28 bits per heavy atom. The van der Waals surface area contributed by atoms with E-state index >= 15 is 0 Å². The van der Waals surface area contributed by atoms with Crippen LogP contribution in [0, 0.1) is 10.5 Å². The molecule has 7 heteroatoms. The molecule has 0 atom stereocenters. The number of anilines is 3. The molecule has 0 saturated carbocycles. The van der Waals surface area contributed by atoms with E-state index in [-0.39, 0.29) is 12.4 Å². The van der Waals surface area contributed by atoms with Crippen LogP contribution >= 0.6 is 46.6 Å². The first-order valence-corrected chi connectivity index (χ1v) is 6.33. The molecule has 0 fully saturated rings. The maximum Gasteiger partial charge on any atom is 0.229 e. The zero-order valence-electron chi connectivity index (χ0n) is 9.45. The lowest BCUT2D eigenvalue weighted by molar-refractivity contribution is 1.11. The predicted octanol–water partition coefficient (Wildman–Crippen LogP) is 3.79. The van der Waals surface area contributed by atoms with E-state index in [1.54, 1.807) is 6.07 Å². The number of benzene rings is 1. The normalized spacial score (nSPS) is 9.72. The van der Waals surface area contributed by atoms with Crippen LogP contribution in [-0.2, 0) is 0 Å². The van der Waals surface area contributed by atoms with Crippen LogP contribution in [0.3, 0.4) is 0 Å². The topological polar surface area (TPSA) is 63.8 Å². The Morgan fingerprint density at radius 3 is 2.61 bits per heavy atom. The summed E-state index contributed by atoms with van der Waals surface area (Å²) in [4.78, 5) is 8.33. The van der Waals surface area contributed by atoms with Crippen LogP contribution in [0.15, 0.2) is 24.3 Å². The summed E-state index contributed by atoms with van der Waals surface area (Å²) < 4.78 is 1.000.